The zero-order valence-corrected chi connectivity index (χ0v) is 16.4. The number of nitrogens with zero attached hydrogens (tertiary/aromatic N) is 5. The molecular formula is C19H23F3N6O2. The van der Waals surface area contributed by atoms with Gasteiger partial charge in [0.2, 0.25) is 0 Å². The summed E-state index contributed by atoms with van der Waals surface area (Å²) in [5.74, 6) is 0.346. The first-order valence-corrected chi connectivity index (χ1v) is 9.74. The summed E-state index contributed by atoms with van der Waals surface area (Å²) in [6.45, 7) is 5.14. The molecule has 0 aliphatic carbocycles. The van der Waals surface area contributed by atoms with Gasteiger partial charge in [0.15, 0.2) is 0 Å². The molecule has 0 aromatic carbocycles. The van der Waals surface area contributed by atoms with Crippen molar-refractivity contribution in [3.63, 3.8) is 0 Å². The largest absolute Gasteiger partial charge is 0.417 e. The Bertz CT molecular complexity index is 894. The van der Waals surface area contributed by atoms with E-state index in [2.05, 4.69) is 20.1 Å². The first-order chi connectivity index (χ1) is 14.2. The summed E-state index contributed by atoms with van der Waals surface area (Å²) in [5.41, 5.74) is 0.459. The van der Waals surface area contributed by atoms with Crippen molar-refractivity contribution in [2.24, 2.45) is 0 Å². The average molecular weight is 424 g/mol. The molecule has 0 saturated carbocycles. The third-order valence-corrected chi connectivity index (χ3v) is 5.56. The molecule has 2 aromatic heterocycles. The van der Waals surface area contributed by atoms with E-state index in [1.807, 2.05) is 11.8 Å². The molecule has 1 amide bonds. The summed E-state index contributed by atoms with van der Waals surface area (Å²) in [4.78, 5) is 22.3. The maximum Gasteiger partial charge on any atom is 0.417 e. The van der Waals surface area contributed by atoms with Crippen LogP contribution in [0, 0.1) is 0 Å². The predicted octanol–water partition coefficient (Wildman–Crippen LogP) is 1.35. The van der Waals surface area contributed by atoms with Crippen LogP contribution in [0.5, 0.6) is 0 Å². The van der Waals surface area contributed by atoms with Crippen LogP contribution in [0.15, 0.2) is 24.5 Å². The van der Waals surface area contributed by atoms with Gasteiger partial charge in [-0.3, -0.25) is 14.8 Å². The van der Waals surface area contributed by atoms with Gasteiger partial charge in [0.25, 0.3) is 5.91 Å². The van der Waals surface area contributed by atoms with Gasteiger partial charge in [0.1, 0.15) is 11.5 Å². The van der Waals surface area contributed by atoms with Crippen LogP contribution in [-0.4, -0.2) is 80.9 Å². The number of aliphatic hydroxyl groups excluding tert-OH is 1. The molecule has 4 heterocycles. The van der Waals surface area contributed by atoms with Gasteiger partial charge in [0.05, 0.1) is 17.9 Å². The van der Waals surface area contributed by atoms with Gasteiger partial charge in [-0.25, -0.2) is 4.98 Å². The van der Waals surface area contributed by atoms with Crippen molar-refractivity contribution in [1.82, 2.24) is 25.0 Å². The number of rotatable bonds is 4. The number of carbonyl (C=O) groups is 1. The van der Waals surface area contributed by atoms with Crippen LogP contribution in [0.3, 0.4) is 0 Å². The molecule has 2 fully saturated rings. The third kappa shape index (κ3) is 4.12. The van der Waals surface area contributed by atoms with E-state index >= 15 is 0 Å². The Kier molecular flexibility index (Phi) is 5.41. The molecule has 2 aliphatic heterocycles. The van der Waals surface area contributed by atoms with E-state index < -0.39 is 17.8 Å². The minimum Gasteiger partial charge on any atom is -0.389 e. The second-order valence-electron chi connectivity index (χ2n) is 7.81. The first-order valence-electron chi connectivity index (χ1n) is 9.74. The van der Waals surface area contributed by atoms with Gasteiger partial charge in [-0.1, -0.05) is 0 Å². The summed E-state index contributed by atoms with van der Waals surface area (Å²) in [5, 5.41) is 16.2. The number of aliphatic hydroxyl groups is 1. The molecule has 2 aliphatic rings. The van der Waals surface area contributed by atoms with Crippen molar-refractivity contribution in [3.05, 3.63) is 41.3 Å². The third-order valence-electron chi connectivity index (χ3n) is 5.56. The highest BCUT2D eigenvalue weighted by Gasteiger charge is 2.33. The molecule has 0 unspecified atom stereocenters. The molecule has 2 saturated heterocycles. The Hall–Kier alpha value is -2.66. The molecule has 0 radical (unpaired) electrons. The summed E-state index contributed by atoms with van der Waals surface area (Å²) in [6, 6.07) is 2.50. The number of pyridine rings is 1. The lowest BCUT2D eigenvalue weighted by Gasteiger charge is -2.40. The topological polar surface area (TPSA) is 88.6 Å². The van der Waals surface area contributed by atoms with E-state index in [1.165, 1.54) is 6.07 Å². The zero-order valence-electron chi connectivity index (χ0n) is 16.4. The predicted molar refractivity (Wildman–Crippen MR) is 102 cm³/mol. The van der Waals surface area contributed by atoms with Gasteiger partial charge in [0, 0.05) is 57.1 Å². The smallest absolute Gasteiger partial charge is 0.389 e. The van der Waals surface area contributed by atoms with Crippen molar-refractivity contribution >= 4 is 11.7 Å². The maximum atomic E-state index is 12.7. The van der Waals surface area contributed by atoms with Crippen LogP contribution in [0.2, 0.25) is 0 Å². The fourth-order valence-electron chi connectivity index (χ4n) is 3.88. The van der Waals surface area contributed by atoms with Crippen LogP contribution in [0.25, 0.3) is 0 Å². The lowest BCUT2D eigenvalue weighted by atomic mass is 10.1. The number of piperazine rings is 1. The number of nitrogens with one attached hydrogen (secondary N) is 1. The number of carbonyl (C=O) groups excluding carboxylic acids is 1. The number of hydrogen-bond acceptors (Lipinski definition) is 6. The number of halogens is 3. The monoisotopic (exact) mass is 424 g/mol. The van der Waals surface area contributed by atoms with Crippen molar-refractivity contribution in [3.8, 4) is 0 Å². The van der Waals surface area contributed by atoms with Gasteiger partial charge in [-0.15, -0.1) is 0 Å². The van der Waals surface area contributed by atoms with E-state index in [0.29, 0.717) is 50.8 Å². The van der Waals surface area contributed by atoms with Crippen LogP contribution in [0.4, 0.5) is 19.0 Å². The molecule has 2 N–H and O–H groups in total. The minimum atomic E-state index is -4.40. The fraction of sp³-hybridized carbons (Fsp3) is 0.526. The Balaban J connectivity index is 1.37. The minimum absolute atomic E-state index is 0.0413. The maximum absolute atomic E-state index is 12.7. The van der Waals surface area contributed by atoms with Gasteiger partial charge in [-0.2, -0.15) is 18.3 Å². The van der Waals surface area contributed by atoms with E-state index in [4.69, 9.17) is 0 Å². The standard InChI is InChI=1S/C19H23F3N6O2/c1-12-8-26(4-5-28(12)16-3-2-14(7-23-16)19(20,21)22)9-13-6-24-25-17(13)18(30)27-10-15(29)11-27/h2-3,6-7,12,15,29H,4-5,8-11H2,1H3,(H,24,25)/t12-/m1/s1. The quantitative estimate of drug-likeness (QED) is 0.771. The average Bonchev–Trinajstić information content (AvgIpc) is 3.13. The second kappa shape index (κ2) is 7.88. The normalized spacial score (nSPS) is 21.0. The van der Waals surface area contributed by atoms with Crippen molar-refractivity contribution in [2.45, 2.75) is 31.8 Å². The Morgan fingerprint density at radius 1 is 1.23 bits per heavy atom. The SMILES string of the molecule is C[C@@H]1CN(Cc2cn[nH]c2C(=O)N2CC(O)C2)CCN1c1ccc(C(F)(F)F)cn1. The summed E-state index contributed by atoms with van der Waals surface area (Å²) < 4.78 is 38.2. The van der Waals surface area contributed by atoms with Gasteiger partial charge in [-0.05, 0) is 19.1 Å². The summed E-state index contributed by atoms with van der Waals surface area (Å²) >= 11 is 0. The highest BCUT2D eigenvalue weighted by molar-refractivity contribution is 5.94. The molecule has 162 valence electrons. The first kappa shape index (κ1) is 20.6. The second-order valence-corrected chi connectivity index (χ2v) is 7.81. The van der Waals surface area contributed by atoms with Crippen molar-refractivity contribution in [2.75, 3.05) is 37.6 Å². The lowest BCUT2D eigenvalue weighted by molar-refractivity contribution is -0.137. The number of anilines is 1. The molecule has 1 atom stereocenters. The molecule has 0 spiro atoms. The zero-order chi connectivity index (χ0) is 21.5. The molecule has 2 aromatic rings. The van der Waals surface area contributed by atoms with Gasteiger partial charge >= 0.3 is 6.18 Å². The summed E-state index contributed by atoms with van der Waals surface area (Å²) in [7, 11) is 0. The van der Waals surface area contributed by atoms with E-state index in [1.54, 1.807) is 11.1 Å². The lowest BCUT2D eigenvalue weighted by Crippen LogP contribution is -2.54. The number of aromatic amines is 1. The fourth-order valence-corrected chi connectivity index (χ4v) is 3.88. The Morgan fingerprint density at radius 3 is 2.60 bits per heavy atom. The number of β-amino-alcohol motifs (C(OH)–C–C–N with tert-alkyl or cyclic N) is 1. The Labute approximate surface area is 171 Å². The van der Waals surface area contributed by atoms with Crippen LogP contribution in [0.1, 0.15) is 28.5 Å². The summed E-state index contributed by atoms with van der Waals surface area (Å²) in [6.07, 6.45) is -2.36. The highest BCUT2D eigenvalue weighted by atomic mass is 19.4. The molecule has 4 rings (SSSR count). The highest BCUT2D eigenvalue weighted by Crippen LogP contribution is 2.30. The number of aromatic nitrogens is 3. The number of amides is 1. The number of likely N-dealkylation sites (tertiary alicyclic amines) is 1. The van der Waals surface area contributed by atoms with Crippen LogP contribution in [-0.2, 0) is 12.7 Å². The van der Waals surface area contributed by atoms with E-state index in [0.717, 1.165) is 17.8 Å². The molecule has 30 heavy (non-hydrogen) atoms. The van der Waals surface area contributed by atoms with E-state index in [-0.39, 0.29) is 11.9 Å². The molecule has 0 bridgehead atoms. The Morgan fingerprint density at radius 2 is 2.00 bits per heavy atom. The van der Waals surface area contributed by atoms with Crippen LogP contribution >= 0.6 is 0 Å². The molecule has 8 nitrogen and oxygen atoms in total. The van der Waals surface area contributed by atoms with Gasteiger partial charge < -0.3 is 14.9 Å². The van der Waals surface area contributed by atoms with Crippen LogP contribution < -0.4 is 4.90 Å². The molecular weight excluding hydrogens is 401 g/mol. The van der Waals surface area contributed by atoms with Crippen molar-refractivity contribution < 1.29 is 23.1 Å². The number of hydrogen-bond donors (Lipinski definition) is 2. The molecule has 11 heteroatoms. The van der Waals surface area contributed by atoms with Crippen molar-refractivity contribution in [1.29, 1.82) is 0 Å². The van der Waals surface area contributed by atoms with E-state index in [9.17, 15) is 23.1 Å². The number of alkyl halides is 3. The number of H-pyrrole nitrogens is 1.